The number of carbonyl (C=O) groups is 3. The lowest BCUT2D eigenvalue weighted by Gasteiger charge is -2.08. The third-order valence-electron chi connectivity index (χ3n) is 3.47. The lowest BCUT2D eigenvalue weighted by Crippen LogP contribution is -2.21. The van der Waals surface area contributed by atoms with Crippen molar-refractivity contribution < 1.29 is 28.3 Å². The number of aromatic nitrogens is 1. The molecule has 0 aromatic carbocycles. The van der Waals surface area contributed by atoms with Gasteiger partial charge in [-0.15, -0.1) is 22.7 Å². The molecular formula is C18H16N2O6S2. The fourth-order valence-electron chi connectivity index (χ4n) is 2.29. The second kappa shape index (κ2) is 8.81. The van der Waals surface area contributed by atoms with Gasteiger partial charge in [-0.25, -0.2) is 14.6 Å². The standard InChI is InChI=1S/C18H16N2O6S2/c1-3-24-18(23)15-11(12-5-4-6-25-12)9-27-16(15)20-14(21)8-26-17(22)13-7-19-10(2)28-13/h4-7,9H,3,8H2,1-2H3,(H,20,21). The first-order chi connectivity index (χ1) is 13.5. The molecule has 0 saturated carbocycles. The van der Waals surface area contributed by atoms with Crippen LogP contribution in [-0.2, 0) is 14.3 Å². The number of thiophene rings is 1. The molecular weight excluding hydrogens is 404 g/mol. The Morgan fingerprint density at radius 2 is 2.07 bits per heavy atom. The summed E-state index contributed by atoms with van der Waals surface area (Å²) in [6.07, 6.45) is 2.88. The van der Waals surface area contributed by atoms with E-state index in [9.17, 15) is 14.4 Å². The van der Waals surface area contributed by atoms with Crippen LogP contribution < -0.4 is 5.32 Å². The van der Waals surface area contributed by atoms with Gasteiger partial charge >= 0.3 is 11.9 Å². The van der Waals surface area contributed by atoms with Gasteiger partial charge in [0.2, 0.25) is 0 Å². The highest BCUT2D eigenvalue weighted by Crippen LogP contribution is 2.36. The van der Waals surface area contributed by atoms with Gasteiger partial charge in [0, 0.05) is 10.9 Å². The fraction of sp³-hybridized carbons (Fsp3) is 0.222. The summed E-state index contributed by atoms with van der Waals surface area (Å²) in [6, 6.07) is 3.40. The quantitative estimate of drug-likeness (QED) is 0.580. The summed E-state index contributed by atoms with van der Waals surface area (Å²) >= 11 is 2.33. The summed E-state index contributed by atoms with van der Waals surface area (Å²) in [6.45, 7) is 3.14. The van der Waals surface area contributed by atoms with Crippen LogP contribution in [0.4, 0.5) is 5.00 Å². The van der Waals surface area contributed by atoms with Crippen LogP contribution in [0.15, 0.2) is 34.4 Å². The number of hydrogen-bond donors (Lipinski definition) is 1. The summed E-state index contributed by atoms with van der Waals surface area (Å²) in [5.74, 6) is -1.31. The fourth-order valence-corrected chi connectivity index (χ4v) is 3.91. The molecule has 3 aromatic heterocycles. The van der Waals surface area contributed by atoms with Crippen molar-refractivity contribution in [3.05, 3.63) is 45.4 Å². The van der Waals surface area contributed by atoms with Crippen molar-refractivity contribution in [1.29, 1.82) is 0 Å². The van der Waals surface area contributed by atoms with Crippen molar-refractivity contribution >= 4 is 45.5 Å². The Morgan fingerprint density at radius 3 is 2.71 bits per heavy atom. The number of nitrogens with zero attached hydrogens (tertiary/aromatic N) is 1. The highest BCUT2D eigenvalue weighted by Gasteiger charge is 2.24. The number of thiazole rings is 1. The molecule has 0 radical (unpaired) electrons. The zero-order valence-corrected chi connectivity index (χ0v) is 16.6. The lowest BCUT2D eigenvalue weighted by atomic mass is 10.1. The highest BCUT2D eigenvalue weighted by molar-refractivity contribution is 7.15. The van der Waals surface area contributed by atoms with Crippen LogP contribution in [0, 0.1) is 6.92 Å². The average Bonchev–Trinajstić information content (AvgIpc) is 3.40. The maximum atomic E-state index is 12.4. The molecule has 0 spiro atoms. The zero-order chi connectivity index (χ0) is 20.1. The summed E-state index contributed by atoms with van der Waals surface area (Å²) in [5.41, 5.74) is 0.709. The molecule has 10 heteroatoms. The molecule has 0 atom stereocenters. The summed E-state index contributed by atoms with van der Waals surface area (Å²) < 4.78 is 15.4. The van der Waals surface area contributed by atoms with Crippen LogP contribution in [0.5, 0.6) is 0 Å². The van der Waals surface area contributed by atoms with Gasteiger partial charge < -0.3 is 19.2 Å². The van der Waals surface area contributed by atoms with Crippen molar-refractivity contribution in [2.75, 3.05) is 18.5 Å². The zero-order valence-electron chi connectivity index (χ0n) is 15.0. The monoisotopic (exact) mass is 420 g/mol. The molecule has 8 nitrogen and oxygen atoms in total. The minimum absolute atomic E-state index is 0.186. The SMILES string of the molecule is CCOC(=O)c1c(-c2ccco2)csc1NC(=O)COC(=O)c1cnc(C)s1. The first-order valence-corrected chi connectivity index (χ1v) is 9.91. The molecule has 3 rings (SSSR count). The van der Waals surface area contributed by atoms with Crippen molar-refractivity contribution in [3.63, 3.8) is 0 Å². The second-order valence-corrected chi connectivity index (χ2v) is 7.53. The van der Waals surface area contributed by atoms with Gasteiger partial charge in [0.15, 0.2) is 6.61 Å². The van der Waals surface area contributed by atoms with E-state index in [0.717, 1.165) is 16.3 Å². The molecule has 3 heterocycles. The van der Waals surface area contributed by atoms with Crippen LogP contribution in [0.3, 0.4) is 0 Å². The van der Waals surface area contributed by atoms with E-state index in [1.165, 1.54) is 23.8 Å². The molecule has 146 valence electrons. The molecule has 1 N–H and O–H groups in total. The molecule has 28 heavy (non-hydrogen) atoms. The number of carbonyl (C=O) groups excluding carboxylic acids is 3. The van der Waals surface area contributed by atoms with E-state index in [-0.39, 0.29) is 12.2 Å². The Bertz CT molecular complexity index is 990. The number of rotatable bonds is 7. The molecule has 3 aromatic rings. The molecule has 0 aliphatic rings. The predicted molar refractivity (Wildman–Crippen MR) is 104 cm³/mol. The average molecular weight is 420 g/mol. The van der Waals surface area contributed by atoms with Crippen LogP contribution >= 0.6 is 22.7 Å². The van der Waals surface area contributed by atoms with E-state index in [1.807, 2.05) is 0 Å². The molecule has 0 aliphatic heterocycles. The number of aryl methyl sites for hydroxylation is 1. The third-order valence-corrected chi connectivity index (χ3v) is 5.26. The van der Waals surface area contributed by atoms with Gasteiger partial charge in [0.25, 0.3) is 5.91 Å². The van der Waals surface area contributed by atoms with Crippen LogP contribution in [0.1, 0.15) is 32.0 Å². The van der Waals surface area contributed by atoms with E-state index in [4.69, 9.17) is 13.9 Å². The highest BCUT2D eigenvalue weighted by atomic mass is 32.1. The Balaban J connectivity index is 1.71. The first-order valence-electron chi connectivity index (χ1n) is 8.21. The Morgan fingerprint density at radius 1 is 1.25 bits per heavy atom. The number of anilines is 1. The van der Waals surface area contributed by atoms with E-state index < -0.39 is 24.5 Å². The smallest absolute Gasteiger partial charge is 0.350 e. The van der Waals surface area contributed by atoms with Crippen LogP contribution in [-0.4, -0.2) is 36.0 Å². The number of amides is 1. The number of ether oxygens (including phenoxy) is 2. The van der Waals surface area contributed by atoms with Crippen molar-refractivity contribution in [2.24, 2.45) is 0 Å². The van der Waals surface area contributed by atoms with Crippen molar-refractivity contribution in [2.45, 2.75) is 13.8 Å². The first kappa shape index (κ1) is 19.8. The lowest BCUT2D eigenvalue weighted by molar-refractivity contribution is -0.119. The topological polar surface area (TPSA) is 108 Å². The van der Waals surface area contributed by atoms with Gasteiger partial charge in [-0.05, 0) is 26.0 Å². The van der Waals surface area contributed by atoms with Crippen molar-refractivity contribution in [3.8, 4) is 11.3 Å². The number of esters is 2. The normalized spacial score (nSPS) is 10.5. The Labute approximate surface area is 168 Å². The molecule has 0 bridgehead atoms. The van der Waals surface area contributed by atoms with Crippen LogP contribution in [0.2, 0.25) is 0 Å². The molecule has 0 unspecified atom stereocenters. The van der Waals surface area contributed by atoms with Crippen molar-refractivity contribution in [1.82, 2.24) is 4.98 Å². The second-order valence-electron chi connectivity index (χ2n) is 5.42. The predicted octanol–water partition coefficient (Wildman–Crippen LogP) is 3.75. The molecule has 0 fully saturated rings. The minimum atomic E-state index is -0.631. The van der Waals surface area contributed by atoms with Gasteiger partial charge in [-0.3, -0.25) is 4.79 Å². The summed E-state index contributed by atoms with van der Waals surface area (Å²) in [4.78, 5) is 40.8. The molecule has 0 aliphatic carbocycles. The number of hydrogen-bond acceptors (Lipinski definition) is 9. The van der Waals surface area contributed by atoms with E-state index in [2.05, 4.69) is 10.3 Å². The molecule has 0 saturated heterocycles. The summed E-state index contributed by atoms with van der Waals surface area (Å²) in [7, 11) is 0. The molecule has 1 amide bonds. The largest absolute Gasteiger partial charge is 0.464 e. The van der Waals surface area contributed by atoms with Gasteiger partial charge in [0.05, 0.1) is 24.1 Å². The minimum Gasteiger partial charge on any atom is -0.464 e. The maximum Gasteiger partial charge on any atom is 0.350 e. The van der Waals surface area contributed by atoms with E-state index in [1.54, 1.807) is 31.4 Å². The number of nitrogens with one attached hydrogen (secondary N) is 1. The Kier molecular flexibility index (Phi) is 6.22. The van der Waals surface area contributed by atoms with E-state index >= 15 is 0 Å². The van der Waals surface area contributed by atoms with Gasteiger partial charge in [0.1, 0.15) is 21.2 Å². The van der Waals surface area contributed by atoms with Gasteiger partial charge in [-0.1, -0.05) is 0 Å². The summed E-state index contributed by atoms with van der Waals surface area (Å²) in [5, 5.41) is 5.29. The van der Waals surface area contributed by atoms with Crippen LogP contribution in [0.25, 0.3) is 11.3 Å². The van der Waals surface area contributed by atoms with E-state index in [0.29, 0.717) is 21.2 Å². The number of furan rings is 1. The third kappa shape index (κ3) is 4.46. The Hall–Kier alpha value is -2.98. The van der Waals surface area contributed by atoms with Gasteiger partial charge in [-0.2, -0.15) is 0 Å². The maximum absolute atomic E-state index is 12.4.